The van der Waals surface area contributed by atoms with E-state index in [1.165, 1.54) is 0 Å². The van der Waals surface area contributed by atoms with E-state index in [9.17, 15) is 9.59 Å². The molecule has 0 aliphatic heterocycles. The molecule has 0 heterocycles. The first kappa shape index (κ1) is 17.2. The van der Waals surface area contributed by atoms with Gasteiger partial charge in [-0.05, 0) is 24.8 Å². The van der Waals surface area contributed by atoms with Gasteiger partial charge in [-0.15, -0.1) is 0 Å². The first-order valence-corrected chi connectivity index (χ1v) is 7.07. The van der Waals surface area contributed by atoms with Gasteiger partial charge in [0.05, 0.1) is 6.61 Å². The highest BCUT2D eigenvalue weighted by atomic mass is 16.6. The normalized spacial score (nSPS) is 13.6. The molecule has 0 radical (unpaired) electrons. The lowest BCUT2D eigenvalue weighted by atomic mass is 9.90. The predicted molar refractivity (Wildman–Crippen MR) is 79.2 cm³/mol. The molecule has 1 aromatic rings. The van der Waals surface area contributed by atoms with Crippen molar-refractivity contribution >= 4 is 11.9 Å². The van der Waals surface area contributed by atoms with Crippen LogP contribution < -0.4 is 5.73 Å². The maximum Gasteiger partial charge on any atom is 0.338 e. The van der Waals surface area contributed by atoms with Gasteiger partial charge in [-0.1, -0.05) is 44.2 Å². The summed E-state index contributed by atoms with van der Waals surface area (Å²) in [7, 11) is 0. The summed E-state index contributed by atoms with van der Waals surface area (Å²) in [6.45, 7) is 5.68. The number of rotatable bonds is 7. The van der Waals surface area contributed by atoms with Gasteiger partial charge in [0, 0.05) is 0 Å². The highest BCUT2D eigenvalue weighted by Crippen LogP contribution is 2.19. The molecule has 0 aromatic heterocycles. The van der Waals surface area contributed by atoms with Crippen LogP contribution in [0.15, 0.2) is 30.3 Å². The minimum Gasteiger partial charge on any atom is -0.464 e. The lowest BCUT2D eigenvalue weighted by molar-refractivity contribution is -0.166. The number of hydrogen-bond acceptors (Lipinski definition) is 5. The maximum atomic E-state index is 12.2. The molecule has 5 nitrogen and oxygen atoms in total. The van der Waals surface area contributed by atoms with Crippen molar-refractivity contribution in [1.29, 1.82) is 0 Å². The van der Waals surface area contributed by atoms with Crippen LogP contribution in [-0.4, -0.2) is 24.1 Å². The van der Waals surface area contributed by atoms with E-state index < -0.39 is 17.5 Å². The second-order valence-electron chi connectivity index (χ2n) is 5.35. The largest absolute Gasteiger partial charge is 0.464 e. The van der Waals surface area contributed by atoms with Gasteiger partial charge in [0.1, 0.15) is 6.61 Å². The fraction of sp³-hybridized carbons (Fsp3) is 0.500. The molecule has 0 spiro atoms. The summed E-state index contributed by atoms with van der Waals surface area (Å²) in [4.78, 5) is 24.2. The Bertz CT molecular complexity index is 472. The lowest BCUT2D eigenvalue weighted by Gasteiger charge is -2.26. The standard InChI is InChI=1S/C16H23NO4/c1-4-20-14(18)16(17,10-12(2)3)15(19)21-11-13-8-6-5-7-9-13/h5-9,12H,4,10-11,17H2,1-3H3/t16-/m1/s1. The van der Waals surface area contributed by atoms with Crippen molar-refractivity contribution in [3.05, 3.63) is 35.9 Å². The van der Waals surface area contributed by atoms with Crippen molar-refractivity contribution in [1.82, 2.24) is 0 Å². The average molecular weight is 293 g/mol. The summed E-state index contributed by atoms with van der Waals surface area (Å²) in [5, 5.41) is 0. The Kier molecular flexibility index (Phi) is 6.37. The number of carbonyl (C=O) groups is 2. The summed E-state index contributed by atoms with van der Waals surface area (Å²) in [6, 6.07) is 9.23. The Morgan fingerprint density at radius 1 is 1.14 bits per heavy atom. The lowest BCUT2D eigenvalue weighted by Crippen LogP contribution is -2.57. The third-order valence-corrected chi connectivity index (χ3v) is 2.95. The molecular formula is C16H23NO4. The minimum atomic E-state index is -1.75. The molecule has 2 N–H and O–H groups in total. The second-order valence-corrected chi connectivity index (χ2v) is 5.35. The number of hydrogen-bond donors (Lipinski definition) is 1. The van der Waals surface area contributed by atoms with Gasteiger partial charge in [-0.2, -0.15) is 0 Å². The van der Waals surface area contributed by atoms with Crippen LogP contribution >= 0.6 is 0 Å². The van der Waals surface area contributed by atoms with Crippen LogP contribution in [0.25, 0.3) is 0 Å². The van der Waals surface area contributed by atoms with E-state index in [1.54, 1.807) is 6.92 Å². The molecular weight excluding hydrogens is 270 g/mol. The van der Waals surface area contributed by atoms with Crippen molar-refractivity contribution in [2.45, 2.75) is 39.3 Å². The average Bonchev–Trinajstić information content (AvgIpc) is 2.45. The Labute approximate surface area is 125 Å². The molecule has 1 rings (SSSR count). The summed E-state index contributed by atoms with van der Waals surface area (Å²) in [5.41, 5.74) is 5.07. The Morgan fingerprint density at radius 3 is 2.24 bits per heavy atom. The zero-order chi connectivity index (χ0) is 15.9. The number of carbonyl (C=O) groups excluding carboxylic acids is 2. The zero-order valence-corrected chi connectivity index (χ0v) is 12.8. The summed E-state index contributed by atoms with van der Waals surface area (Å²) in [5.74, 6) is -1.43. The smallest absolute Gasteiger partial charge is 0.338 e. The minimum absolute atomic E-state index is 0.0590. The molecule has 0 amide bonds. The first-order valence-electron chi connectivity index (χ1n) is 7.07. The molecule has 0 unspecified atom stereocenters. The number of esters is 2. The van der Waals surface area contributed by atoms with Gasteiger partial charge in [0.15, 0.2) is 0 Å². The van der Waals surface area contributed by atoms with Crippen LogP contribution in [0.5, 0.6) is 0 Å². The SMILES string of the molecule is CCOC(=O)[C@](N)(CC(C)C)C(=O)OCc1ccccc1. The first-order chi connectivity index (χ1) is 9.90. The molecule has 0 aliphatic carbocycles. The number of benzene rings is 1. The molecule has 1 aromatic carbocycles. The molecule has 5 heteroatoms. The van der Waals surface area contributed by atoms with Gasteiger partial charge in [0.25, 0.3) is 0 Å². The van der Waals surface area contributed by atoms with Gasteiger partial charge in [-0.25, -0.2) is 9.59 Å². The van der Waals surface area contributed by atoms with Crippen LogP contribution in [0.4, 0.5) is 0 Å². The third kappa shape index (κ3) is 4.86. The maximum absolute atomic E-state index is 12.2. The second kappa shape index (κ2) is 7.78. The van der Waals surface area contributed by atoms with E-state index in [2.05, 4.69) is 0 Å². The molecule has 1 atom stereocenters. The van der Waals surface area contributed by atoms with E-state index in [-0.39, 0.29) is 25.6 Å². The number of ether oxygens (including phenoxy) is 2. The summed E-state index contributed by atoms with van der Waals surface area (Å²) >= 11 is 0. The molecule has 0 fully saturated rings. The van der Waals surface area contributed by atoms with Crippen LogP contribution in [0, 0.1) is 5.92 Å². The monoisotopic (exact) mass is 293 g/mol. The Hall–Kier alpha value is -1.88. The molecule has 116 valence electrons. The van der Waals surface area contributed by atoms with Crippen molar-refractivity contribution in [3.63, 3.8) is 0 Å². The van der Waals surface area contributed by atoms with Crippen LogP contribution in [0.3, 0.4) is 0 Å². The Morgan fingerprint density at radius 2 is 1.71 bits per heavy atom. The third-order valence-electron chi connectivity index (χ3n) is 2.95. The predicted octanol–water partition coefficient (Wildman–Crippen LogP) is 2.04. The van der Waals surface area contributed by atoms with E-state index in [0.717, 1.165) is 5.56 Å². The van der Waals surface area contributed by atoms with Crippen molar-refractivity contribution in [2.75, 3.05) is 6.61 Å². The Balaban J connectivity index is 2.77. The van der Waals surface area contributed by atoms with Crippen LogP contribution in [0.1, 0.15) is 32.8 Å². The van der Waals surface area contributed by atoms with E-state index >= 15 is 0 Å². The summed E-state index contributed by atoms with van der Waals surface area (Å²) < 4.78 is 10.1. The molecule has 21 heavy (non-hydrogen) atoms. The van der Waals surface area contributed by atoms with E-state index in [1.807, 2.05) is 44.2 Å². The van der Waals surface area contributed by atoms with Gasteiger partial charge in [-0.3, -0.25) is 0 Å². The van der Waals surface area contributed by atoms with Gasteiger partial charge >= 0.3 is 11.9 Å². The quantitative estimate of drug-likeness (QED) is 0.615. The van der Waals surface area contributed by atoms with Crippen LogP contribution in [0.2, 0.25) is 0 Å². The van der Waals surface area contributed by atoms with Gasteiger partial charge < -0.3 is 15.2 Å². The van der Waals surface area contributed by atoms with E-state index in [4.69, 9.17) is 15.2 Å². The molecule has 0 saturated carbocycles. The van der Waals surface area contributed by atoms with E-state index in [0.29, 0.717) is 0 Å². The molecule has 0 bridgehead atoms. The topological polar surface area (TPSA) is 78.6 Å². The van der Waals surface area contributed by atoms with Crippen LogP contribution in [-0.2, 0) is 25.7 Å². The molecule has 0 aliphatic rings. The van der Waals surface area contributed by atoms with Crippen molar-refractivity contribution in [2.24, 2.45) is 11.7 Å². The van der Waals surface area contributed by atoms with Crippen molar-refractivity contribution < 1.29 is 19.1 Å². The zero-order valence-electron chi connectivity index (χ0n) is 12.8. The number of nitrogens with two attached hydrogens (primary N) is 1. The summed E-state index contributed by atoms with van der Waals surface area (Å²) in [6.07, 6.45) is 0.180. The fourth-order valence-corrected chi connectivity index (χ4v) is 2.01. The van der Waals surface area contributed by atoms with Gasteiger partial charge in [0.2, 0.25) is 5.54 Å². The fourth-order valence-electron chi connectivity index (χ4n) is 2.01. The highest BCUT2D eigenvalue weighted by molar-refractivity contribution is 6.04. The van der Waals surface area contributed by atoms with Crippen molar-refractivity contribution in [3.8, 4) is 0 Å². The highest BCUT2D eigenvalue weighted by Gasteiger charge is 2.45. The molecule has 0 saturated heterocycles.